The van der Waals surface area contributed by atoms with Crippen molar-refractivity contribution >= 4 is 40.8 Å². The lowest BCUT2D eigenvalue weighted by Crippen LogP contribution is -2.54. The molecule has 0 rings (SSSR count). The fraction of sp³-hybridized carbons (Fsp3) is 0.667. The number of nitrogens with zero attached hydrogens (tertiary/aromatic N) is 1. The van der Waals surface area contributed by atoms with Crippen LogP contribution in [0.1, 0.15) is 26.2 Å². The van der Waals surface area contributed by atoms with E-state index in [0.717, 1.165) is 5.01 Å². The van der Waals surface area contributed by atoms with Crippen molar-refractivity contribution in [3.05, 3.63) is 0 Å². The van der Waals surface area contributed by atoms with Gasteiger partial charge in [0.15, 0.2) is 0 Å². The number of rotatable bonds is 11. The Hall–Kier alpha value is -2.15. The highest BCUT2D eigenvalue weighted by Gasteiger charge is 2.28. The zero-order valence-electron chi connectivity index (χ0n) is 15.1. The number of hydrogen-bond donors (Lipinski definition) is 6. The summed E-state index contributed by atoms with van der Waals surface area (Å²) in [5.74, 6) is -5.43. The average Bonchev–Trinajstić information content (AvgIpc) is 2.56. The maximum absolute atomic E-state index is 12.1. The van der Waals surface area contributed by atoms with E-state index in [1.807, 2.05) is 0 Å². The molecule has 12 heteroatoms. The van der Waals surface area contributed by atoms with Gasteiger partial charge in [-0.25, -0.2) is 0 Å². The number of carboxylic acid groups (broad SMARTS) is 1. The number of thiocarbonyl (C=S) groups is 1. The molecule has 0 aromatic carbocycles. The molecule has 0 heterocycles. The lowest BCUT2D eigenvalue weighted by molar-refractivity contribution is -0.145. The van der Waals surface area contributed by atoms with Crippen LogP contribution in [0.15, 0.2) is 0 Å². The molecule has 1 unspecified atom stereocenters. The van der Waals surface area contributed by atoms with E-state index in [2.05, 4.69) is 5.43 Å². The Morgan fingerprint density at radius 3 is 2.07 bits per heavy atom. The van der Waals surface area contributed by atoms with Gasteiger partial charge in [-0.15, -0.1) is 0 Å². The molecular weight excluding hydrogens is 380 g/mol. The van der Waals surface area contributed by atoms with E-state index in [-0.39, 0.29) is 17.8 Å². The number of likely N-dealkylation sites (N-methyl/N-ethyl adjacent to an activating group) is 1. The van der Waals surface area contributed by atoms with Gasteiger partial charge in [-0.05, 0) is 6.92 Å². The molecule has 0 aliphatic heterocycles. The Morgan fingerprint density at radius 1 is 1.15 bits per heavy atom. The number of nitrogens with one attached hydrogen (secondary N) is 1. The third-order valence-corrected chi connectivity index (χ3v) is 4.17. The Kier molecular flexibility index (Phi) is 10.6. The maximum atomic E-state index is 12.1. The van der Waals surface area contributed by atoms with Crippen LogP contribution in [0.4, 0.5) is 0 Å². The zero-order chi connectivity index (χ0) is 21.3. The monoisotopic (exact) mass is 406 g/mol. The molecule has 4 atom stereocenters. The topological polar surface area (TPSA) is 196 Å². The molecule has 0 aliphatic carbocycles. The minimum atomic E-state index is -1.32. The number of hydrogen-bond acceptors (Lipinski definition) is 8. The first-order valence-corrected chi connectivity index (χ1v) is 8.46. The van der Waals surface area contributed by atoms with E-state index in [1.54, 1.807) is 0 Å². The molecule has 11 nitrogen and oxygen atoms in total. The molecule has 0 fully saturated rings. The highest BCUT2D eigenvalue weighted by molar-refractivity contribution is 7.80. The van der Waals surface area contributed by atoms with Crippen LogP contribution in [0.25, 0.3) is 0 Å². The summed E-state index contributed by atoms with van der Waals surface area (Å²) in [6.07, 6.45) is -2.15. The summed E-state index contributed by atoms with van der Waals surface area (Å²) in [5, 5.41) is 28.2. The highest BCUT2D eigenvalue weighted by atomic mass is 32.1. The number of aliphatic carboxylic acids is 1. The van der Waals surface area contributed by atoms with E-state index in [4.69, 9.17) is 33.9 Å². The molecule has 0 radical (unpaired) electrons. The van der Waals surface area contributed by atoms with Crippen molar-refractivity contribution in [2.45, 2.75) is 38.3 Å². The third kappa shape index (κ3) is 8.86. The quantitative estimate of drug-likeness (QED) is 0.158. The van der Waals surface area contributed by atoms with Crippen LogP contribution in [0.2, 0.25) is 0 Å². The number of aliphatic hydroxyl groups excluding tert-OH is 2. The minimum absolute atomic E-state index is 0.0494. The van der Waals surface area contributed by atoms with Crippen LogP contribution in [0.5, 0.6) is 0 Å². The molecular formula is C15H26N4O7S. The van der Waals surface area contributed by atoms with Gasteiger partial charge in [0.25, 0.3) is 5.91 Å². The Labute approximate surface area is 161 Å². The fourth-order valence-corrected chi connectivity index (χ4v) is 2.41. The van der Waals surface area contributed by atoms with Gasteiger partial charge in [-0.1, -0.05) is 12.2 Å². The number of ketones is 1. The van der Waals surface area contributed by atoms with Crippen LogP contribution in [-0.4, -0.2) is 74.7 Å². The van der Waals surface area contributed by atoms with Gasteiger partial charge in [0.05, 0.1) is 23.6 Å². The van der Waals surface area contributed by atoms with Crippen molar-refractivity contribution in [3.63, 3.8) is 0 Å². The summed E-state index contributed by atoms with van der Waals surface area (Å²) < 4.78 is 0. The summed E-state index contributed by atoms with van der Waals surface area (Å²) in [5.41, 5.74) is 13.2. The molecule has 0 spiro atoms. The van der Waals surface area contributed by atoms with E-state index >= 15 is 0 Å². The van der Waals surface area contributed by atoms with Gasteiger partial charge in [0.2, 0.25) is 5.91 Å². The van der Waals surface area contributed by atoms with Gasteiger partial charge in [-0.2, -0.15) is 0 Å². The van der Waals surface area contributed by atoms with Crippen LogP contribution >= 0.6 is 12.2 Å². The summed E-state index contributed by atoms with van der Waals surface area (Å²) in [7, 11) is 1.30. The largest absolute Gasteiger partial charge is 0.481 e. The maximum Gasteiger partial charge on any atom is 0.309 e. The number of primary amides is 1. The van der Waals surface area contributed by atoms with E-state index < -0.39 is 60.6 Å². The molecule has 0 saturated heterocycles. The van der Waals surface area contributed by atoms with Crippen LogP contribution in [0, 0.1) is 11.8 Å². The molecule has 0 aliphatic rings. The lowest BCUT2D eigenvalue weighted by atomic mass is 9.93. The van der Waals surface area contributed by atoms with E-state index in [0.29, 0.717) is 0 Å². The Bertz CT molecular complexity index is 585. The Balaban J connectivity index is 5.05. The smallest absolute Gasteiger partial charge is 0.309 e. The van der Waals surface area contributed by atoms with Crippen LogP contribution in [-0.2, 0) is 19.2 Å². The summed E-state index contributed by atoms with van der Waals surface area (Å²) in [6, 6.07) is -1.21. The molecule has 0 bridgehead atoms. The molecule has 0 saturated carbocycles. The first-order chi connectivity index (χ1) is 12.4. The number of aliphatic hydroxyl groups is 2. The second kappa shape index (κ2) is 11.5. The molecule has 0 aromatic heterocycles. The van der Waals surface area contributed by atoms with Gasteiger partial charge in [0.1, 0.15) is 11.8 Å². The number of carbonyl (C=O) groups is 4. The van der Waals surface area contributed by atoms with E-state index in [9.17, 15) is 24.3 Å². The molecule has 2 amide bonds. The van der Waals surface area contributed by atoms with Crippen LogP contribution < -0.4 is 16.9 Å². The number of nitrogens with two attached hydrogens (primary N) is 2. The fourth-order valence-electron chi connectivity index (χ4n) is 2.10. The molecule has 154 valence electrons. The Morgan fingerprint density at radius 2 is 1.67 bits per heavy atom. The van der Waals surface area contributed by atoms with Gasteiger partial charge < -0.3 is 26.8 Å². The first kappa shape index (κ1) is 24.8. The van der Waals surface area contributed by atoms with Gasteiger partial charge in [-0.3, -0.25) is 29.6 Å². The summed E-state index contributed by atoms with van der Waals surface area (Å²) >= 11 is 5.12. The predicted octanol–water partition coefficient (Wildman–Crippen LogP) is -2.48. The molecule has 27 heavy (non-hydrogen) atoms. The second-order valence-electron chi connectivity index (χ2n) is 6.17. The van der Waals surface area contributed by atoms with Crippen LogP contribution in [0.3, 0.4) is 0 Å². The first-order valence-electron chi connectivity index (χ1n) is 8.06. The zero-order valence-corrected chi connectivity index (χ0v) is 15.9. The molecule has 0 aromatic rings. The number of amides is 2. The van der Waals surface area contributed by atoms with Crippen molar-refractivity contribution in [1.29, 1.82) is 0 Å². The number of Topliss-reactive ketones (excluding diaryl/α,β-unsaturated/α-hetero) is 1. The number of carbonyl (C=O) groups excluding carboxylic acids is 3. The molecule has 8 N–H and O–H groups in total. The van der Waals surface area contributed by atoms with Crippen molar-refractivity contribution in [3.8, 4) is 0 Å². The lowest BCUT2D eigenvalue weighted by Gasteiger charge is -2.27. The predicted molar refractivity (Wildman–Crippen MR) is 97.9 cm³/mol. The average molecular weight is 406 g/mol. The highest BCUT2D eigenvalue weighted by Crippen LogP contribution is 2.15. The standard InChI is InChI=1S/C15H26N4O7S/c1-7(21)12(17)14(24)19(2)18-13(27)8(5-11(16)23)3-10(22)4-9(6-20)15(25)26/h7-9,12,20-21H,3-6,17H2,1-2H3,(H2,16,23)(H,18,27)(H,25,26)/t7?,8-,9-,12-/m1/s1. The third-order valence-electron chi connectivity index (χ3n) is 3.75. The SMILES string of the molecule is CC(O)[C@@H](N)C(=O)N(C)NC(=S)[C@@H](CC(N)=O)CC(=O)C[C@H](CO)C(=O)O. The van der Waals surface area contributed by atoms with Gasteiger partial charge in [0, 0.05) is 32.2 Å². The summed E-state index contributed by atoms with van der Waals surface area (Å²) in [6.45, 7) is 0.627. The van der Waals surface area contributed by atoms with Crippen molar-refractivity contribution < 1.29 is 34.5 Å². The summed E-state index contributed by atoms with van der Waals surface area (Å²) in [4.78, 5) is 46.2. The van der Waals surface area contributed by atoms with Crippen molar-refractivity contribution in [2.24, 2.45) is 23.3 Å². The number of carboxylic acids is 1. The minimum Gasteiger partial charge on any atom is -0.481 e. The second-order valence-corrected chi connectivity index (χ2v) is 6.61. The van der Waals surface area contributed by atoms with E-state index in [1.165, 1.54) is 14.0 Å². The van der Waals surface area contributed by atoms with Gasteiger partial charge >= 0.3 is 5.97 Å². The normalized spacial score (nSPS) is 15.1. The number of hydrazine groups is 1. The van der Waals surface area contributed by atoms with Crippen molar-refractivity contribution in [1.82, 2.24) is 10.4 Å². The van der Waals surface area contributed by atoms with Crippen molar-refractivity contribution in [2.75, 3.05) is 13.7 Å².